The first kappa shape index (κ1) is 10.2. The number of nitrogens with one attached hydrogen (secondary N) is 1. The lowest BCUT2D eigenvalue weighted by molar-refractivity contribution is 0.563. The maximum absolute atomic E-state index is 5.48. The minimum absolute atomic E-state index is 0.577. The van der Waals surface area contributed by atoms with Gasteiger partial charge < -0.3 is 5.73 Å². The number of hydrogen-bond donors (Lipinski definition) is 3. The molecule has 66 valence electrons. The highest BCUT2D eigenvalue weighted by molar-refractivity contribution is 5.79. The van der Waals surface area contributed by atoms with Crippen LogP contribution in [0, 0.1) is 5.92 Å². The third-order valence-corrected chi connectivity index (χ3v) is 1.42. The summed E-state index contributed by atoms with van der Waals surface area (Å²) < 4.78 is 0. The van der Waals surface area contributed by atoms with Crippen LogP contribution in [0.1, 0.15) is 33.1 Å². The third kappa shape index (κ3) is 7.12. The van der Waals surface area contributed by atoms with E-state index in [9.17, 15) is 0 Å². The SMILES string of the molecule is CC(C)CCC/C(N)=N/NN. The number of hydrazine groups is 1. The van der Waals surface area contributed by atoms with Crippen molar-refractivity contribution in [2.75, 3.05) is 0 Å². The fraction of sp³-hybridized carbons (Fsp3) is 0.857. The van der Waals surface area contributed by atoms with Crippen LogP contribution in [0.3, 0.4) is 0 Å². The Morgan fingerprint density at radius 3 is 2.64 bits per heavy atom. The molecule has 0 radical (unpaired) electrons. The second kappa shape index (κ2) is 5.97. The average Bonchev–Trinajstić information content (AvgIpc) is 1.87. The van der Waals surface area contributed by atoms with E-state index in [1.807, 2.05) is 0 Å². The highest BCUT2D eigenvalue weighted by Gasteiger charge is 1.95. The van der Waals surface area contributed by atoms with Crippen LogP contribution in [0.5, 0.6) is 0 Å². The smallest absolute Gasteiger partial charge is 0.121 e. The largest absolute Gasteiger partial charge is 0.386 e. The molecule has 0 saturated heterocycles. The van der Waals surface area contributed by atoms with Crippen LogP contribution in [0.25, 0.3) is 0 Å². The van der Waals surface area contributed by atoms with Gasteiger partial charge in [0, 0.05) is 6.42 Å². The molecule has 5 N–H and O–H groups in total. The number of amidine groups is 1. The van der Waals surface area contributed by atoms with Crippen LogP contribution in [0.2, 0.25) is 0 Å². The molecule has 0 aromatic rings. The Labute approximate surface area is 68.0 Å². The molecule has 0 heterocycles. The Bertz CT molecular complexity index is 120. The van der Waals surface area contributed by atoms with Crippen LogP contribution < -0.4 is 17.1 Å². The van der Waals surface area contributed by atoms with Crippen LogP contribution in [0.4, 0.5) is 0 Å². The Kier molecular flexibility index (Phi) is 5.56. The van der Waals surface area contributed by atoms with E-state index < -0.39 is 0 Å². The fourth-order valence-corrected chi connectivity index (χ4v) is 0.830. The molecule has 0 aromatic carbocycles. The molecule has 0 saturated carbocycles. The second-order valence-electron chi connectivity index (χ2n) is 3.02. The van der Waals surface area contributed by atoms with Gasteiger partial charge in [-0.25, -0.2) is 11.4 Å². The Morgan fingerprint density at radius 2 is 2.18 bits per heavy atom. The second-order valence-corrected chi connectivity index (χ2v) is 3.02. The summed E-state index contributed by atoms with van der Waals surface area (Å²) in [4.78, 5) is 0. The predicted octanol–water partition coefficient (Wildman–Crippen LogP) is 0.548. The van der Waals surface area contributed by atoms with Crippen molar-refractivity contribution in [3.63, 3.8) is 0 Å². The van der Waals surface area contributed by atoms with E-state index in [2.05, 4.69) is 24.5 Å². The van der Waals surface area contributed by atoms with Crippen molar-refractivity contribution < 1.29 is 0 Å². The summed E-state index contributed by atoms with van der Waals surface area (Å²) in [6, 6.07) is 0. The highest BCUT2D eigenvalue weighted by atomic mass is 15.5. The number of hydrogen-bond acceptors (Lipinski definition) is 3. The fourth-order valence-electron chi connectivity index (χ4n) is 0.830. The summed E-state index contributed by atoms with van der Waals surface area (Å²) in [6.07, 6.45) is 3.08. The molecular formula is C7H18N4. The Balaban J connectivity index is 3.31. The zero-order valence-corrected chi connectivity index (χ0v) is 7.30. The van der Waals surface area contributed by atoms with Gasteiger partial charge in [-0.05, 0) is 12.3 Å². The van der Waals surface area contributed by atoms with Crippen molar-refractivity contribution >= 4 is 5.84 Å². The van der Waals surface area contributed by atoms with Gasteiger partial charge in [0.1, 0.15) is 5.84 Å². The van der Waals surface area contributed by atoms with Gasteiger partial charge >= 0.3 is 0 Å². The van der Waals surface area contributed by atoms with E-state index >= 15 is 0 Å². The van der Waals surface area contributed by atoms with Gasteiger partial charge in [0.15, 0.2) is 0 Å². The molecule has 0 bridgehead atoms. The molecule has 0 rings (SSSR count). The van der Waals surface area contributed by atoms with E-state index in [0.717, 1.165) is 18.8 Å². The molecule has 11 heavy (non-hydrogen) atoms. The Morgan fingerprint density at radius 1 is 1.55 bits per heavy atom. The van der Waals surface area contributed by atoms with E-state index in [4.69, 9.17) is 11.6 Å². The van der Waals surface area contributed by atoms with E-state index in [1.54, 1.807) is 0 Å². The van der Waals surface area contributed by atoms with Gasteiger partial charge in [0.05, 0.1) is 0 Å². The summed E-state index contributed by atoms with van der Waals surface area (Å²) >= 11 is 0. The minimum Gasteiger partial charge on any atom is -0.386 e. The van der Waals surface area contributed by atoms with Gasteiger partial charge in [-0.3, -0.25) is 0 Å². The molecule has 4 heteroatoms. The van der Waals surface area contributed by atoms with Crippen molar-refractivity contribution in [1.82, 2.24) is 5.53 Å². The lowest BCUT2D eigenvalue weighted by Gasteiger charge is -2.03. The van der Waals surface area contributed by atoms with Gasteiger partial charge in [-0.15, -0.1) is 0 Å². The van der Waals surface area contributed by atoms with Gasteiger partial charge in [0.2, 0.25) is 0 Å². The summed E-state index contributed by atoms with van der Waals surface area (Å²) in [7, 11) is 0. The van der Waals surface area contributed by atoms with Crippen molar-refractivity contribution in [3.8, 4) is 0 Å². The summed E-state index contributed by atoms with van der Waals surface area (Å²) in [5.74, 6) is 6.25. The normalized spacial score (nSPS) is 12.2. The van der Waals surface area contributed by atoms with E-state index in [0.29, 0.717) is 5.84 Å². The summed E-state index contributed by atoms with van der Waals surface area (Å²) in [6.45, 7) is 4.38. The third-order valence-electron chi connectivity index (χ3n) is 1.42. The lowest BCUT2D eigenvalue weighted by Crippen LogP contribution is -2.22. The number of nitrogens with two attached hydrogens (primary N) is 2. The first-order valence-corrected chi connectivity index (χ1v) is 3.94. The number of hydrazone groups is 1. The van der Waals surface area contributed by atoms with E-state index in [1.165, 1.54) is 6.42 Å². The molecule has 0 aliphatic heterocycles. The number of rotatable bonds is 5. The van der Waals surface area contributed by atoms with Crippen LogP contribution in [0.15, 0.2) is 5.10 Å². The van der Waals surface area contributed by atoms with Crippen LogP contribution >= 0.6 is 0 Å². The molecule has 0 aromatic heterocycles. The van der Waals surface area contributed by atoms with Gasteiger partial charge in [0.25, 0.3) is 0 Å². The molecule has 0 spiro atoms. The lowest BCUT2D eigenvalue weighted by atomic mass is 10.1. The minimum atomic E-state index is 0.577. The van der Waals surface area contributed by atoms with Crippen molar-refractivity contribution in [2.45, 2.75) is 33.1 Å². The monoisotopic (exact) mass is 158 g/mol. The van der Waals surface area contributed by atoms with Gasteiger partial charge in [-0.2, -0.15) is 5.10 Å². The number of nitrogens with zero attached hydrogens (tertiary/aromatic N) is 1. The molecule has 0 fully saturated rings. The summed E-state index contributed by atoms with van der Waals surface area (Å²) in [5, 5.41) is 3.64. The predicted molar refractivity (Wildman–Crippen MR) is 47.6 cm³/mol. The standard InChI is InChI=1S/C7H18N4/c1-6(2)4-3-5-7(8)10-11-9/h6,11H,3-5,9H2,1-2H3,(H2,8,10). The molecule has 0 aliphatic carbocycles. The van der Waals surface area contributed by atoms with Crippen molar-refractivity contribution in [1.29, 1.82) is 0 Å². The maximum Gasteiger partial charge on any atom is 0.121 e. The van der Waals surface area contributed by atoms with Gasteiger partial charge in [-0.1, -0.05) is 20.3 Å². The molecule has 0 amide bonds. The first-order chi connectivity index (χ1) is 5.16. The Hall–Kier alpha value is -0.770. The quantitative estimate of drug-likeness (QED) is 0.237. The topological polar surface area (TPSA) is 76.4 Å². The molecule has 0 atom stereocenters. The maximum atomic E-state index is 5.48. The first-order valence-electron chi connectivity index (χ1n) is 3.94. The molecule has 0 unspecified atom stereocenters. The molecule has 4 nitrogen and oxygen atoms in total. The molecular weight excluding hydrogens is 140 g/mol. The zero-order chi connectivity index (χ0) is 8.69. The zero-order valence-electron chi connectivity index (χ0n) is 7.30. The highest BCUT2D eigenvalue weighted by Crippen LogP contribution is 2.05. The molecule has 0 aliphatic rings. The summed E-state index contributed by atoms with van der Waals surface area (Å²) in [5.41, 5.74) is 7.65. The van der Waals surface area contributed by atoms with Crippen molar-refractivity contribution in [2.24, 2.45) is 22.6 Å². The van der Waals surface area contributed by atoms with Crippen LogP contribution in [-0.4, -0.2) is 5.84 Å². The van der Waals surface area contributed by atoms with Crippen molar-refractivity contribution in [3.05, 3.63) is 0 Å². The van der Waals surface area contributed by atoms with E-state index in [-0.39, 0.29) is 0 Å². The van der Waals surface area contributed by atoms with Crippen LogP contribution in [-0.2, 0) is 0 Å². The average molecular weight is 158 g/mol.